The maximum Gasteiger partial charge on any atom is 0.415 e. The minimum atomic E-state index is -0.943. The molecule has 0 spiro atoms. The second kappa shape index (κ2) is 11.5. The summed E-state index contributed by atoms with van der Waals surface area (Å²) in [6.45, 7) is 9.35. The number of rotatable bonds is 7. The van der Waals surface area contributed by atoms with Gasteiger partial charge in [-0.2, -0.15) is 9.61 Å². The van der Waals surface area contributed by atoms with Crippen LogP contribution in [0.3, 0.4) is 0 Å². The molecule has 1 unspecified atom stereocenters. The van der Waals surface area contributed by atoms with Crippen molar-refractivity contribution >= 4 is 29.3 Å². The number of aliphatic hydroxyl groups is 1. The number of carbonyl (C=O) groups excluding carboxylic acids is 2. The average molecular weight is 557 g/mol. The van der Waals surface area contributed by atoms with Gasteiger partial charge in [-0.1, -0.05) is 0 Å². The smallest absolute Gasteiger partial charge is 0.415 e. The van der Waals surface area contributed by atoms with Crippen molar-refractivity contribution in [3.05, 3.63) is 41.9 Å². The fourth-order valence-electron chi connectivity index (χ4n) is 4.89. The van der Waals surface area contributed by atoms with Crippen LogP contribution >= 0.6 is 0 Å². The van der Waals surface area contributed by atoms with E-state index in [9.17, 15) is 14.7 Å². The predicted octanol–water partition coefficient (Wildman–Crippen LogP) is 4.07. The summed E-state index contributed by atoms with van der Waals surface area (Å²) in [7, 11) is 3.29. The maximum absolute atomic E-state index is 12.9. The number of carbonyl (C=O) groups is 2. The molecule has 1 amide bonds. The lowest BCUT2D eigenvalue weighted by atomic mass is 9.82. The normalized spacial score (nSPS) is 23.1. The molecule has 1 aliphatic carbocycles. The van der Waals surface area contributed by atoms with Crippen LogP contribution in [0.4, 0.5) is 16.4 Å². The van der Waals surface area contributed by atoms with E-state index in [1.165, 1.54) is 15.6 Å². The highest BCUT2D eigenvalue weighted by Gasteiger charge is 2.36. The Hall–Kier alpha value is -3.64. The Morgan fingerprint density at radius 3 is 2.60 bits per heavy atom. The van der Waals surface area contributed by atoms with Gasteiger partial charge in [0.05, 0.1) is 24.1 Å². The maximum atomic E-state index is 12.9. The highest BCUT2D eigenvalue weighted by Crippen LogP contribution is 2.35. The van der Waals surface area contributed by atoms with Gasteiger partial charge in [-0.3, -0.25) is 4.90 Å². The molecule has 1 fully saturated rings. The van der Waals surface area contributed by atoms with E-state index in [1.54, 1.807) is 54.0 Å². The fraction of sp³-hybridized carbons (Fsp3) is 0.571. The first-order valence-electron chi connectivity index (χ1n) is 13.5. The van der Waals surface area contributed by atoms with E-state index in [4.69, 9.17) is 14.2 Å². The number of fused-ring (bicyclic) bond motifs is 1. The Morgan fingerprint density at radius 1 is 1.27 bits per heavy atom. The summed E-state index contributed by atoms with van der Waals surface area (Å²) in [4.78, 5) is 33.4. The van der Waals surface area contributed by atoms with Crippen molar-refractivity contribution < 1.29 is 28.9 Å². The number of aromatic nitrogens is 3. The summed E-state index contributed by atoms with van der Waals surface area (Å²) in [6, 6.07) is 1.76. The lowest BCUT2D eigenvalue weighted by Gasteiger charge is -2.43. The van der Waals surface area contributed by atoms with E-state index in [0.717, 1.165) is 25.7 Å². The second-order valence-corrected chi connectivity index (χ2v) is 11.3. The highest BCUT2D eigenvalue weighted by atomic mass is 16.6. The number of esters is 1. The third kappa shape index (κ3) is 6.23. The minimum absolute atomic E-state index is 0.143. The molecule has 4 rings (SSSR count). The molecule has 0 radical (unpaired) electrons. The van der Waals surface area contributed by atoms with Crippen LogP contribution in [0.5, 0.6) is 0 Å². The number of hydrogen-bond donors (Lipinski definition) is 2. The molecule has 218 valence electrons. The van der Waals surface area contributed by atoms with E-state index < -0.39 is 23.9 Å². The van der Waals surface area contributed by atoms with E-state index in [2.05, 4.69) is 22.3 Å². The van der Waals surface area contributed by atoms with Crippen LogP contribution in [0.1, 0.15) is 70.7 Å². The Balaban J connectivity index is 1.64. The summed E-state index contributed by atoms with van der Waals surface area (Å²) in [6.07, 6.45) is 8.90. The van der Waals surface area contributed by atoms with E-state index in [1.807, 2.05) is 17.2 Å². The quantitative estimate of drug-likeness (QED) is 0.481. The largest absolute Gasteiger partial charge is 0.462 e. The van der Waals surface area contributed by atoms with Gasteiger partial charge >= 0.3 is 12.1 Å². The summed E-state index contributed by atoms with van der Waals surface area (Å²) >= 11 is 0. The molecule has 2 aliphatic rings. The third-order valence-corrected chi connectivity index (χ3v) is 7.25. The van der Waals surface area contributed by atoms with Crippen LogP contribution in [-0.4, -0.2) is 80.9 Å². The zero-order chi connectivity index (χ0) is 29.2. The average Bonchev–Trinajstić information content (AvgIpc) is 3.33. The first-order valence-corrected chi connectivity index (χ1v) is 13.5. The Kier molecular flexibility index (Phi) is 8.41. The number of anilines is 2. The van der Waals surface area contributed by atoms with E-state index in [0.29, 0.717) is 17.3 Å². The van der Waals surface area contributed by atoms with Crippen LogP contribution in [0.25, 0.3) is 5.65 Å². The van der Waals surface area contributed by atoms with Crippen molar-refractivity contribution in [3.63, 3.8) is 0 Å². The number of methoxy groups -OCH3 is 1. The van der Waals surface area contributed by atoms with Gasteiger partial charge in [-0.25, -0.2) is 14.6 Å². The van der Waals surface area contributed by atoms with Crippen LogP contribution in [0, 0.1) is 0 Å². The zero-order valence-corrected chi connectivity index (χ0v) is 24.3. The van der Waals surface area contributed by atoms with Gasteiger partial charge in [0.15, 0.2) is 11.9 Å². The first-order chi connectivity index (χ1) is 18.9. The van der Waals surface area contributed by atoms with Crippen molar-refractivity contribution in [3.8, 4) is 0 Å². The number of amides is 1. The lowest BCUT2D eigenvalue weighted by Crippen LogP contribution is -2.47. The minimum Gasteiger partial charge on any atom is -0.462 e. The molecule has 0 saturated heterocycles. The van der Waals surface area contributed by atoms with Crippen LogP contribution in [0.15, 0.2) is 36.3 Å². The van der Waals surface area contributed by atoms with Crippen molar-refractivity contribution in [2.24, 2.45) is 0 Å². The van der Waals surface area contributed by atoms with Gasteiger partial charge in [0.2, 0.25) is 0 Å². The lowest BCUT2D eigenvalue weighted by molar-refractivity contribution is -0.0535. The van der Waals surface area contributed by atoms with Crippen LogP contribution in [-0.2, 0) is 14.2 Å². The predicted molar refractivity (Wildman–Crippen MR) is 150 cm³/mol. The third-order valence-electron chi connectivity index (χ3n) is 7.25. The van der Waals surface area contributed by atoms with Gasteiger partial charge in [0.1, 0.15) is 22.8 Å². The summed E-state index contributed by atoms with van der Waals surface area (Å²) in [5.41, 5.74) is -0.0191. The number of allylic oxidation sites excluding steroid dienone is 2. The molecule has 1 aliphatic heterocycles. The van der Waals surface area contributed by atoms with Gasteiger partial charge < -0.3 is 29.5 Å². The number of hydrogen-bond acceptors (Lipinski definition) is 10. The summed E-state index contributed by atoms with van der Waals surface area (Å²) in [5.74, 6) is 0.0289. The Bertz CT molecular complexity index is 1300. The van der Waals surface area contributed by atoms with E-state index in [-0.39, 0.29) is 29.5 Å². The van der Waals surface area contributed by atoms with E-state index >= 15 is 0 Å². The molecular formula is C28H40N6O6. The Labute approximate surface area is 234 Å². The molecule has 1 atom stereocenters. The van der Waals surface area contributed by atoms with Gasteiger partial charge in [-0.05, 0) is 72.5 Å². The second-order valence-electron chi connectivity index (χ2n) is 11.3. The van der Waals surface area contributed by atoms with Gasteiger partial charge in [0, 0.05) is 32.5 Å². The van der Waals surface area contributed by atoms with Gasteiger partial charge in [0.25, 0.3) is 0 Å². The van der Waals surface area contributed by atoms with Crippen molar-refractivity contribution in [2.45, 2.75) is 83.8 Å². The number of ether oxygens (including phenoxy) is 3. The van der Waals surface area contributed by atoms with Crippen LogP contribution < -0.4 is 10.2 Å². The molecular weight excluding hydrogens is 516 g/mol. The zero-order valence-electron chi connectivity index (χ0n) is 24.3. The topological polar surface area (TPSA) is 131 Å². The molecule has 0 aromatic carbocycles. The molecule has 12 heteroatoms. The van der Waals surface area contributed by atoms with Crippen LogP contribution in [0.2, 0.25) is 0 Å². The Morgan fingerprint density at radius 2 is 1.98 bits per heavy atom. The van der Waals surface area contributed by atoms with Crippen molar-refractivity contribution in [1.82, 2.24) is 19.5 Å². The number of nitrogens with one attached hydrogen (secondary N) is 1. The molecule has 2 aromatic heterocycles. The monoisotopic (exact) mass is 556 g/mol. The van der Waals surface area contributed by atoms with Crippen molar-refractivity contribution in [2.75, 3.05) is 31.0 Å². The van der Waals surface area contributed by atoms with Gasteiger partial charge in [-0.15, -0.1) is 0 Å². The number of aliphatic hydroxyl groups excluding tert-OH is 1. The summed E-state index contributed by atoms with van der Waals surface area (Å²) < 4.78 is 17.8. The van der Waals surface area contributed by atoms with Crippen molar-refractivity contribution in [1.29, 1.82) is 0 Å². The molecule has 2 N–H and O–H groups in total. The SMILES string of the molecule is CCOC(=O)c1cnn2c(N(C)C(=O)OC(C)(C)C)cc(NC3=CC=CN([C@H]4CC[C@](C)(OC)CC4)C3O)nc12. The molecule has 2 aromatic rings. The fourth-order valence-corrected chi connectivity index (χ4v) is 4.89. The molecule has 40 heavy (non-hydrogen) atoms. The molecule has 12 nitrogen and oxygen atoms in total. The molecule has 0 bridgehead atoms. The molecule has 3 heterocycles. The highest BCUT2D eigenvalue weighted by molar-refractivity contribution is 5.97. The standard InChI is InChI=1S/C28H40N6O6/c1-8-39-25(36)19-17-29-34-22(32(6)26(37)40-27(2,3)4)16-21(31-23(19)34)30-20-10-9-15-33(24(20)35)18-11-13-28(5,38-7)14-12-18/h9-10,15-18,24,35H,8,11-14H2,1-7H3,(H,30,31)/t18-,24?,28-. The number of nitrogens with zero attached hydrogens (tertiary/aromatic N) is 5. The first kappa shape index (κ1) is 29.3. The summed E-state index contributed by atoms with van der Waals surface area (Å²) in [5, 5.41) is 18.8. The molecule has 1 saturated carbocycles.